The third kappa shape index (κ3) is 10.5. The first-order valence-corrected chi connectivity index (χ1v) is 9.88. The summed E-state index contributed by atoms with van der Waals surface area (Å²) in [7, 11) is -10.6. The van der Waals surface area contributed by atoms with Crippen LogP contribution in [0.3, 0.4) is 0 Å². The van der Waals surface area contributed by atoms with E-state index in [1.165, 1.54) is 0 Å². The summed E-state index contributed by atoms with van der Waals surface area (Å²) in [5, 5.41) is 0. The van der Waals surface area contributed by atoms with Gasteiger partial charge in [-0.2, -0.15) is 105 Å². The Kier molecular flexibility index (Phi) is 14.6. The first-order chi connectivity index (χ1) is 14.8. The van der Waals surface area contributed by atoms with Crippen molar-refractivity contribution in [3.05, 3.63) is 0 Å². The van der Waals surface area contributed by atoms with Gasteiger partial charge in [-0.1, -0.05) is 0 Å². The summed E-state index contributed by atoms with van der Waals surface area (Å²) in [6.07, 6.45) is -27.9. The molecule has 0 aromatic rings. The van der Waals surface area contributed by atoms with Crippen LogP contribution in [0.4, 0.5) is 87.8 Å². The van der Waals surface area contributed by atoms with Crippen LogP contribution < -0.4 is 0 Å². The van der Waals surface area contributed by atoms with Gasteiger partial charge in [0.25, 0.3) is 0 Å². The molecule has 37 heavy (non-hydrogen) atoms. The Bertz CT molecular complexity index is 813. The molecule has 0 bridgehead atoms. The summed E-state index contributed by atoms with van der Waals surface area (Å²) in [6, 6.07) is 0. The fraction of sp³-hybridized carbons (Fsp3) is 1.00. The fourth-order valence-corrected chi connectivity index (χ4v) is 0.712. The first-order valence-electron chi connectivity index (χ1n) is 6.48. The number of hydrogen-bond donors (Lipinski definition) is 2. The van der Waals surface area contributed by atoms with E-state index in [4.69, 9.17) is 9.11 Å². The molecule has 0 amide bonds. The van der Waals surface area contributed by atoms with E-state index in [1.54, 1.807) is 0 Å². The Labute approximate surface area is 230 Å². The Morgan fingerprint density at radius 1 is 0.324 bits per heavy atom. The normalized spacial score (nSPS) is 15.0. The third-order valence-electron chi connectivity index (χ3n) is 2.48. The minimum atomic E-state index is -7.14. The predicted octanol–water partition coefficient (Wildman–Crippen LogP) is 4.79. The van der Waals surface area contributed by atoms with Gasteiger partial charge in [0.1, 0.15) is 0 Å². The second-order valence-electron chi connectivity index (χ2n) is 5.14. The van der Waals surface area contributed by atoms with Crippen LogP contribution in [0, 0.1) is 0 Å². The SMILES string of the molecule is FC(F)(F)C(F)(F)C(F)(F)C(F)(F)F.FC(F)(F)C(F)(F)C(F)(F)C(F)(F)F.O=S(=O)(O)S(=O)(=O)O.[KH]. The zero-order valence-electron chi connectivity index (χ0n) is 14.9. The Hall–Kier alpha value is 0.0564. The maximum absolute atomic E-state index is 11.6. The van der Waals surface area contributed by atoms with E-state index in [2.05, 4.69) is 0 Å². The second-order valence-corrected chi connectivity index (χ2v) is 9.38. The van der Waals surface area contributed by atoms with Gasteiger partial charge in [-0.15, -0.1) is 0 Å². The van der Waals surface area contributed by atoms with E-state index in [0.29, 0.717) is 0 Å². The van der Waals surface area contributed by atoms with Gasteiger partial charge < -0.3 is 0 Å². The molecule has 0 saturated carbocycles. The Morgan fingerprint density at radius 3 is 0.432 bits per heavy atom. The molecule has 0 aliphatic carbocycles. The average molecular weight is 678 g/mol. The molecule has 0 spiro atoms. The monoisotopic (exact) mass is 678 g/mol. The van der Waals surface area contributed by atoms with Crippen molar-refractivity contribution < 1.29 is 114 Å². The van der Waals surface area contributed by atoms with E-state index in [0.717, 1.165) is 0 Å². The molecule has 0 aromatic heterocycles. The van der Waals surface area contributed by atoms with E-state index in [-0.39, 0.29) is 51.4 Å². The second kappa shape index (κ2) is 12.3. The van der Waals surface area contributed by atoms with Gasteiger partial charge in [-0.3, -0.25) is 9.11 Å². The summed E-state index contributed by atoms with van der Waals surface area (Å²) in [4.78, 5) is 0. The Balaban J connectivity index is -0.000000226. The van der Waals surface area contributed by atoms with Gasteiger partial charge in [-0.05, 0) is 0 Å². The molecule has 0 rings (SSSR count). The number of alkyl halides is 20. The molecule has 0 heterocycles. The minimum absolute atomic E-state index is 0. The standard InChI is InChI=1S/2C4F10.K.H2O6S2.H/c2*5-1(6,3(9,10)11)2(7,8)4(12,13)14;;1-7(2,3)8(4,5)6;/h;;;(H,1,2,3)(H,4,5,6);. The topological polar surface area (TPSA) is 109 Å². The molecule has 0 aromatic carbocycles. The van der Waals surface area contributed by atoms with Gasteiger partial charge >= 0.3 is 118 Å². The van der Waals surface area contributed by atoms with Crippen LogP contribution in [0.25, 0.3) is 0 Å². The van der Waals surface area contributed by atoms with Crippen LogP contribution in [0.5, 0.6) is 0 Å². The summed E-state index contributed by atoms with van der Waals surface area (Å²) in [5.41, 5.74) is 0. The molecular weight excluding hydrogens is 675 g/mol. The molecule has 0 atom stereocenters. The van der Waals surface area contributed by atoms with Crippen molar-refractivity contribution >= 4 is 69.7 Å². The Morgan fingerprint density at radius 2 is 0.405 bits per heavy atom. The van der Waals surface area contributed by atoms with Crippen LogP contribution in [0.15, 0.2) is 0 Å². The molecular formula is C8H3F20KO6S2. The number of halogens is 20. The molecule has 0 saturated heterocycles. The van der Waals surface area contributed by atoms with Crippen LogP contribution in [-0.4, -0.2) is 126 Å². The van der Waals surface area contributed by atoms with Crippen molar-refractivity contribution in [3.63, 3.8) is 0 Å². The molecule has 0 fully saturated rings. The molecule has 2 N–H and O–H groups in total. The van der Waals surface area contributed by atoms with Crippen molar-refractivity contribution in [2.45, 2.75) is 48.4 Å². The van der Waals surface area contributed by atoms with E-state index < -0.39 is 66.7 Å². The van der Waals surface area contributed by atoms with Crippen LogP contribution in [0.2, 0.25) is 0 Å². The molecule has 6 nitrogen and oxygen atoms in total. The molecule has 0 aliphatic rings. The van der Waals surface area contributed by atoms with Crippen molar-refractivity contribution in [3.8, 4) is 0 Å². The molecule has 0 unspecified atom stereocenters. The molecule has 0 radical (unpaired) electrons. The van der Waals surface area contributed by atoms with Gasteiger partial charge in [0.15, 0.2) is 0 Å². The van der Waals surface area contributed by atoms with Crippen LogP contribution in [-0.2, 0) is 18.3 Å². The zero-order valence-corrected chi connectivity index (χ0v) is 16.5. The summed E-state index contributed by atoms with van der Waals surface area (Å²) in [6.45, 7) is 0. The van der Waals surface area contributed by atoms with E-state index >= 15 is 0 Å². The van der Waals surface area contributed by atoms with Crippen molar-refractivity contribution in [1.29, 1.82) is 0 Å². The van der Waals surface area contributed by atoms with Crippen molar-refractivity contribution in [2.24, 2.45) is 0 Å². The van der Waals surface area contributed by atoms with Crippen molar-refractivity contribution in [1.82, 2.24) is 0 Å². The van der Waals surface area contributed by atoms with Crippen LogP contribution >= 0.6 is 0 Å². The van der Waals surface area contributed by atoms with Gasteiger partial charge in [0, 0.05) is 0 Å². The fourth-order valence-electron chi connectivity index (χ4n) is 0.712. The summed E-state index contributed by atoms with van der Waals surface area (Å²) in [5.74, 6) is -28.6. The van der Waals surface area contributed by atoms with E-state index in [1.807, 2.05) is 0 Å². The van der Waals surface area contributed by atoms with E-state index in [9.17, 15) is 105 Å². The summed E-state index contributed by atoms with van der Waals surface area (Å²) >= 11 is 0. The van der Waals surface area contributed by atoms with Crippen molar-refractivity contribution in [2.75, 3.05) is 0 Å². The van der Waals surface area contributed by atoms with Gasteiger partial charge in [0.2, 0.25) is 0 Å². The average Bonchev–Trinajstić information content (AvgIpc) is 2.49. The third-order valence-corrected chi connectivity index (χ3v) is 4.61. The quantitative estimate of drug-likeness (QED) is 0.193. The first kappa shape index (κ1) is 44.1. The summed E-state index contributed by atoms with van der Waals surface area (Å²) < 4.78 is 279. The molecule has 224 valence electrons. The predicted molar refractivity (Wildman–Crippen MR) is 74.3 cm³/mol. The van der Waals surface area contributed by atoms with Crippen LogP contribution in [0.1, 0.15) is 0 Å². The number of rotatable bonds is 3. The molecule has 0 aliphatic heterocycles. The van der Waals surface area contributed by atoms with Gasteiger partial charge in [-0.25, -0.2) is 0 Å². The number of hydrogen-bond acceptors (Lipinski definition) is 4. The maximum atomic E-state index is 11.6. The molecule has 29 heteroatoms. The zero-order chi connectivity index (χ0) is 31.0. The van der Waals surface area contributed by atoms with Gasteiger partial charge in [0.05, 0.1) is 0 Å².